The van der Waals surface area contributed by atoms with Gasteiger partial charge in [-0.3, -0.25) is 9.13 Å². The highest BCUT2D eigenvalue weighted by atomic mass is 15.1. The highest BCUT2D eigenvalue weighted by Gasteiger charge is 2.18. The minimum atomic E-state index is 0.888. The molecule has 5 nitrogen and oxygen atoms in total. The molecule has 0 bridgehead atoms. The number of pyridine rings is 2. The second-order valence-electron chi connectivity index (χ2n) is 11.5. The van der Waals surface area contributed by atoms with Crippen LogP contribution in [0.2, 0.25) is 0 Å². The monoisotopic (exact) mass is 575 g/mol. The molecule has 0 unspecified atom stereocenters. The molecule has 0 amide bonds. The van der Waals surface area contributed by atoms with Gasteiger partial charge < -0.3 is 4.57 Å². The third kappa shape index (κ3) is 3.38. The molecule has 10 rings (SSSR count). The SMILES string of the molecule is c1ccc2c(c1)c1ccccc1n2-c1ccc2c(c1)c1cccnc1n2-c1ccc(-n2c3ccccc3c3ccccc32)nc1. The first kappa shape index (κ1) is 24.3. The van der Waals surface area contributed by atoms with E-state index in [0.717, 1.165) is 50.2 Å². The summed E-state index contributed by atoms with van der Waals surface area (Å²) >= 11 is 0. The number of nitrogens with zero attached hydrogens (tertiary/aromatic N) is 5. The number of para-hydroxylation sites is 4. The molecule has 10 aromatic rings. The van der Waals surface area contributed by atoms with Crippen molar-refractivity contribution in [2.45, 2.75) is 0 Å². The lowest BCUT2D eigenvalue weighted by atomic mass is 10.1. The summed E-state index contributed by atoms with van der Waals surface area (Å²) in [5, 5.41) is 7.23. The molecule has 5 heterocycles. The van der Waals surface area contributed by atoms with Gasteiger partial charge >= 0.3 is 0 Å². The van der Waals surface area contributed by atoms with Crippen LogP contribution in [0.1, 0.15) is 0 Å². The van der Waals surface area contributed by atoms with Crippen molar-refractivity contribution in [3.8, 4) is 17.2 Å². The Balaban J connectivity index is 1.17. The lowest BCUT2D eigenvalue weighted by molar-refractivity contribution is 1.05. The standard InChI is InChI=1S/C40H25N5/c1-5-15-34-28(10-1)29-11-2-6-16-35(29)43(34)26-19-21-38-33(24-26)32-14-9-23-41-40(32)44(38)27-20-22-39(42-25-27)45-36-17-7-3-12-30(36)31-13-4-8-18-37(31)45/h1-25H. The van der Waals surface area contributed by atoms with E-state index in [4.69, 9.17) is 9.97 Å². The van der Waals surface area contributed by atoms with Gasteiger partial charge in [0.25, 0.3) is 0 Å². The number of rotatable bonds is 3. The van der Waals surface area contributed by atoms with Gasteiger partial charge in [0.05, 0.1) is 39.5 Å². The Morgan fingerprint density at radius 3 is 1.44 bits per heavy atom. The molecule has 0 aliphatic heterocycles. The molecule has 5 aromatic heterocycles. The Morgan fingerprint density at radius 1 is 0.356 bits per heavy atom. The molecule has 5 heteroatoms. The Hall–Kier alpha value is -6.20. The molecule has 0 spiro atoms. The van der Waals surface area contributed by atoms with Gasteiger partial charge in [-0.2, -0.15) is 0 Å². The lowest BCUT2D eigenvalue weighted by Gasteiger charge is -2.11. The van der Waals surface area contributed by atoms with Gasteiger partial charge in [0.1, 0.15) is 11.5 Å². The molecule has 0 aliphatic carbocycles. The van der Waals surface area contributed by atoms with Crippen molar-refractivity contribution in [2.75, 3.05) is 0 Å². The van der Waals surface area contributed by atoms with Gasteiger partial charge in [-0.05, 0) is 66.7 Å². The molecule has 0 saturated carbocycles. The largest absolute Gasteiger partial charge is 0.309 e. The average molecular weight is 576 g/mol. The molecule has 0 aliphatic rings. The first-order chi connectivity index (χ1) is 22.3. The van der Waals surface area contributed by atoms with Crippen LogP contribution >= 0.6 is 0 Å². The fraction of sp³-hybridized carbons (Fsp3) is 0. The molecular weight excluding hydrogens is 550 g/mol. The van der Waals surface area contributed by atoms with E-state index < -0.39 is 0 Å². The minimum absolute atomic E-state index is 0.888. The molecule has 0 fully saturated rings. The van der Waals surface area contributed by atoms with Gasteiger partial charge in [-0.15, -0.1) is 0 Å². The van der Waals surface area contributed by atoms with Gasteiger partial charge in [0.2, 0.25) is 0 Å². The quantitative estimate of drug-likeness (QED) is 0.210. The molecule has 45 heavy (non-hydrogen) atoms. The molecule has 210 valence electrons. The Morgan fingerprint density at radius 2 is 0.867 bits per heavy atom. The van der Waals surface area contributed by atoms with Crippen molar-refractivity contribution in [3.63, 3.8) is 0 Å². The maximum atomic E-state index is 5.03. The van der Waals surface area contributed by atoms with Crippen LogP contribution in [0.5, 0.6) is 0 Å². The molecule has 0 saturated heterocycles. The first-order valence-electron chi connectivity index (χ1n) is 15.2. The van der Waals surface area contributed by atoms with Gasteiger partial charge in [-0.25, -0.2) is 9.97 Å². The number of aromatic nitrogens is 5. The van der Waals surface area contributed by atoms with E-state index in [-0.39, 0.29) is 0 Å². The van der Waals surface area contributed by atoms with Crippen molar-refractivity contribution in [1.29, 1.82) is 0 Å². The van der Waals surface area contributed by atoms with E-state index in [1.165, 1.54) is 32.6 Å². The summed E-state index contributed by atoms with van der Waals surface area (Å²) in [5.41, 5.74) is 8.81. The predicted molar refractivity (Wildman–Crippen MR) is 185 cm³/mol. The van der Waals surface area contributed by atoms with Crippen LogP contribution in [0.3, 0.4) is 0 Å². The van der Waals surface area contributed by atoms with Crippen molar-refractivity contribution >= 4 is 65.5 Å². The Labute approximate surface area is 257 Å². The fourth-order valence-electron chi connectivity index (χ4n) is 7.25. The molecular formula is C40H25N5. The smallest absolute Gasteiger partial charge is 0.145 e. The summed E-state index contributed by atoms with van der Waals surface area (Å²) in [6.07, 6.45) is 3.83. The maximum Gasteiger partial charge on any atom is 0.145 e. The molecule has 0 atom stereocenters. The predicted octanol–water partition coefficient (Wildman–Crippen LogP) is 9.77. The minimum Gasteiger partial charge on any atom is -0.309 e. The summed E-state index contributed by atoms with van der Waals surface area (Å²) in [4.78, 5) is 9.89. The Kier molecular flexibility index (Phi) is 4.93. The molecule has 0 N–H and O–H groups in total. The van der Waals surface area contributed by atoms with Crippen LogP contribution in [0.15, 0.2) is 152 Å². The number of benzene rings is 5. The third-order valence-electron chi connectivity index (χ3n) is 9.15. The van der Waals surface area contributed by atoms with E-state index >= 15 is 0 Å². The molecule has 5 aromatic carbocycles. The van der Waals surface area contributed by atoms with E-state index in [2.05, 4.69) is 147 Å². The van der Waals surface area contributed by atoms with E-state index in [1.807, 2.05) is 18.5 Å². The summed E-state index contributed by atoms with van der Waals surface area (Å²) in [6, 6.07) is 49.5. The van der Waals surface area contributed by atoms with Crippen molar-refractivity contribution in [2.24, 2.45) is 0 Å². The van der Waals surface area contributed by atoms with Crippen molar-refractivity contribution in [1.82, 2.24) is 23.7 Å². The van der Waals surface area contributed by atoms with Crippen LogP contribution in [-0.4, -0.2) is 23.7 Å². The highest BCUT2D eigenvalue weighted by molar-refractivity contribution is 6.12. The van der Waals surface area contributed by atoms with Gasteiger partial charge in [0.15, 0.2) is 0 Å². The number of hydrogen-bond acceptors (Lipinski definition) is 2. The maximum absolute atomic E-state index is 5.03. The fourth-order valence-corrected chi connectivity index (χ4v) is 7.25. The van der Waals surface area contributed by atoms with Crippen LogP contribution in [-0.2, 0) is 0 Å². The number of fused-ring (bicyclic) bond motifs is 9. The second-order valence-corrected chi connectivity index (χ2v) is 11.5. The second kappa shape index (κ2) is 9.15. The first-order valence-corrected chi connectivity index (χ1v) is 15.2. The van der Waals surface area contributed by atoms with Crippen molar-refractivity contribution < 1.29 is 0 Å². The lowest BCUT2D eigenvalue weighted by Crippen LogP contribution is -2.01. The van der Waals surface area contributed by atoms with Crippen LogP contribution in [0.4, 0.5) is 0 Å². The highest BCUT2D eigenvalue weighted by Crippen LogP contribution is 2.37. The zero-order valence-electron chi connectivity index (χ0n) is 24.2. The van der Waals surface area contributed by atoms with E-state index in [1.54, 1.807) is 0 Å². The normalized spacial score (nSPS) is 12.0. The zero-order chi connectivity index (χ0) is 29.5. The zero-order valence-corrected chi connectivity index (χ0v) is 24.2. The average Bonchev–Trinajstić information content (AvgIpc) is 3.74. The van der Waals surface area contributed by atoms with Crippen LogP contribution < -0.4 is 0 Å². The van der Waals surface area contributed by atoms with E-state index in [0.29, 0.717) is 0 Å². The summed E-state index contributed by atoms with van der Waals surface area (Å²) in [5.74, 6) is 0.888. The van der Waals surface area contributed by atoms with Crippen LogP contribution in [0.25, 0.3) is 82.7 Å². The topological polar surface area (TPSA) is 40.6 Å². The van der Waals surface area contributed by atoms with Gasteiger partial charge in [0, 0.05) is 44.2 Å². The summed E-state index contributed by atoms with van der Waals surface area (Å²) < 4.78 is 6.84. The van der Waals surface area contributed by atoms with Crippen molar-refractivity contribution in [3.05, 3.63) is 152 Å². The van der Waals surface area contributed by atoms with Gasteiger partial charge in [-0.1, -0.05) is 72.8 Å². The third-order valence-corrected chi connectivity index (χ3v) is 9.15. The van der Waals surface area contributed by atoms with Crippen LogP contribution in [0, 0.1) is 0 Å². The Bertz CT molecular complexity index is 2650. The summed E-state index contributed by atoms with van der Waals surface area (Å²) in [7, 11) is 0. The summed E-state index contributed by atoms with van der Waals surface area (Å²) in [6.45, 7) is 0. The molecule has 0 radical (unpaired) electrons. The van der Waals surface area contributed by atoms with E-state index in [9.17, 15) is 0 Å². The number of hydrogen-bond donors (Lipinski definition) is 0.